The molecule has 2 heterocycles. The Morgan fingerprint density at radius 2 is 2.00 bits per heavy atom. The number of hydrogen-bond donors (Lipinski definition) is 0. The summed E-state index contributed by atoms with van der Waals surface area (Å²) in [5.41, 5.74) is 3.73. The molecule has 2 aromatic heterocycles. The Hall–Kier alpha value is -2.69. The molecule has 5 nitrogen and oxygen atoms in total. The van der Waals surface area contributed by atoms with E-state index in [-0.39, 0.29) is 5.91 Å². The lowest BCUT2D eigenvalue weighted by atomic mass is 10.1. The van der Waals surface area contributed by atoms with Gasteiger partial charge in [0.15, 0.2) is 5.65 Å². The lowest BCUT2D eigenvalue weighted by Gasteiger charge is -2.25. The van der Waals surface area contributed by atoms with Crippen molar-refractivity contribution in [3.05, 3.63) is 59.5 Å². The van der Waals surface area contributed by atoms with Crippen LogP contribution in [0.4, 0.5) is 0 Å². The van der Waals surface area contributed by atoms with Crippen molar-refractivity contribution in [2.75, 3.05) is 6.54 Å². The maximum atomic E-state index is 13.4. The van der Waals surface area contributed by atoms with Gasteiger partial charge in [0, 0.05) is 24.3 Å². The van der Waals surface area contributed by atoms with Crippen molar-refractivity contribution in [1.29, 1.82) is 0 Å². The first-order chi connectivity index (χ1) is 14.5. The van der Waals surface area contributed by atoms with Crippen LogP contribution in [0.1, 0.15) is 73.7 Å². The van der Waals surface area contributed by atoms with E-state index >= 15 is 0 Å². The lowest BCUT2D eigenvalue weighted by molar-refractivity contribution is 0.0728. The Morgan fingerprint density at radius 1 is 1.20 bits per heavy atom. The molecule has 0 bridgehead atoms. The normalized spacial score (nSPS) is 14.7. The van der Waals surface area contributed by atoms with Crippen LogP contribution < -0.4 is 0 Å². The van der Waals surface area contributed by atoms with E-state index in [0.29, 0.717) is 18.5 Å². The minimum absolute atomic E-state index is 0.0809. The molecule has 3 aromatic rings. The highest BCUT2D eigenvalue weighted by Crippen LogP contribution is 2.33. The molecule has 5 heteroatoms. The third kappa shape index (κ3) is 4.40. The fourth-order valence-corrected chi connectivity index (χ4v) is 4.43. The molecule has 1 amide bonds. The van der Waals surface area contributed by atoms with E-state index in [0.717, 1.165) is 53.9 Å². The van der Waals surface area contributed by atoms with E-state index in [1.807, 2.05) is 54.4 Å². The van der Waals surface area contributed by atoms with Gasteiger partial charge in [0.25, 0.3) is 5.91 Å². The summed E-state index contributed by atoms with van der Waals surface area (Å²) in [6.07, 6.45) is 7.62. The Bertz CT molecular complexity index is 1020. The van der Waals surface area contributed by atoms with Crippen LogP contribution in [0, 0.1) is 12.8 Å². The number of aryl methyl sites for hydroxylation is 1. The van der Waals surface area contributed by atoms with Crippen LogP contribution >= 0.6 is 0 Å². The first kappa shape index (κ1) is 20.6. The second kappa shape index (κ2) is 8.99. The molecule has 0 unspecified atom stereocenters. The number of benzene rings is 1. The van der Waals surface area contributed by atoms with Gasteiger partial charge in [-0.3, -0.25) is 4.79 Å². The SMILES string of the molecule is Cc1cccc(C(=O)N(CCC(C)C)Cc2nc3cccnc3n2C2CCCC2)c1. The van der Waals surface area contributed by atoms with Crippen LogP contribution in [0.15, 0.2) is 42.6 Å². The Kier molecular flexibility index (Phi) is 6.16. The number of nitrogens with zero attached hydrogens (tertiary/aromatic N) is 4. The summed E-state index contributed by atoms with van der Waals surface area (Å²) >= 11 is 0. The molecule has 1 aliphatic rings. The zero-order valence-electron chi connectivity index (χ0n) is 18.3. The van der Waals surface area contributed by atoms with Gasteiger partial charge in [0.1, 0.15) is 11.3 Å². The summed E-state index contributed by atoms with van der Waals surface area (Å²) in [4.78, 5) is 25.0. The first-order valence-corrected chi connectivity index (χ1v) is 11.2. The number of carbonyl (C=O) groups excluding carboxylic acids is 1. The fourth-order valence-electron chi connectivity index (χ4n) is 4.43. The largest absolute Gasteiger partial charge is 0.331 e. The summed E-state index contributed by atoms with van der Waals surface area (Å²) in [5.74, 6) is 1.57. The average molecular weight is 405 g/mol. The minimum atomic E-state index is 0.0809. The minimum Gasteiger partial charge on any atom is -0.331 e. The van der Waals surface area contributed by atoms with Crippen LogP contribution in [-0.2, 0) is 6.54 Å². The summed E-state index contributed by atoms with van der Waals surface area (Å²) in [7, 11) is 0. The summed E-state index contributed by atoms with van der Waals surface area (Å²) in [6, 6.07) is 12.3. The maximum absolute atomic E-state index is 13.4. The molecule has 1 saturated carbocycles. The number of imidazole rings is 1. The molecule has 0 aliphatic heterocycles. The van der Waals surface area contributed by atoms with Gasteiger partial charge in [0.05, 0.1) is 6.54 Å². The van der Waals surface area contributed by atoms with Crippen molar-refractivity contribution < 1.29 is 4.79 Å². The zero-order valence-corrected chi connectivity index (χ0v) is 18.3. The van der Waals surface area contributed by atoms with E-state index in [9.17, 15) is 4.79 Å². The lowest BCUT2D eigenvalue weighted by Crippen LogP contribution is -2.33. The van der Waals surface area contributed by atoms with Gasteiger partial charge in [0.2, 0.25) is 0 Å². The number of hydrogen-bond acceptors (Lipinski definition) is 3. The Labute approximate surface area is 179 Å². The van der Waals surface area contributed by atoms with Gasteiger partial charge in [-0.25, -0.2) is 9.97 Å². The van der Waals surface area contributed by atoms with E-state index in [4.69, 9.17) is 4.98 Å². The van der Waals surface area contributed by atoms with Gasteiger partial charge in [-0.2, -0.15) is 0 Å². The van der Waals surface area contributed by atoms with Crippen molar-refractivity contribution in [3.8, 4) is 0 Å². The maximum Gasteiger partial charge on any atom is 0.254 e. The molecule has 0 saturated heterocycles. The van der Waals surface area contributed by atoms with E-state index in [2.05, 4.69) is 23.4 Å². The Morgan fingerprint density at radius 3 is 2.73 bits per heavy atom. The topological polar surface area (TPSA) is 51.0 Å². The fraction of sp³-hybridized carbons (Fsp3) is 0.480. The summed E-state index contributed by atoms with van der Waals surface area (Å²) < 4.78 is 2.31. The molecule has 30 heavy (non-hydrogen) atoms. The molecule has 0 N–H and O–H groups in total. The van der Waals surface area contributed by atoms with Gasteiger partial charge < -0.3 is 9.47 Å². The number of aromatic nitrogens is 3. The van der Waals surface area contributed by atoms with Crippen LogP contribution in [0.5, 0.6) is 0 Å². The number of fused-ring (bicyclic) bond motifs is 1. The van der Waals surface area contributed by atoms with Crippen molar-refractivity contribution in [1.82, 2.24) is 19.4 Å². The number of pyridine rings is 1. The zero-order chi connectivity index (χ0) is 21.1. The third-order valence-electron chi connectivity index (χ3n) is 6.07. The van der Waals surface area contributed by atoms with E-state index in [1.54, 1.807) is 0 Å². The molecular weight excluding hydrogens is 372 g/mol. The first-order valence-electron chi connectivity index (χ1n) is 11.2. The molecule has 4 rings (SSSR count). The molecule has 0 atom stereocenters. The Balaban J connectivity index is 1.69. The average Bonchev–Trinajstić information content (AvgIpc) is 3.37. The molecule has 1 aliphatic carbocycles. The molecule has 0 radical (unpaired) electrons. The van der Waals surface area contributed by atoms with Crippen molar-refractivity contribution >= 4 is 17.1 Å². The smallest absolute Gasteiger partial charge is 0.254 e. The van der Waals surface area contributed by atoms with Gasteiger partial charge in [-0.05, 0) is 56.4 Å². The summed E-state index contributed by atoms with van der Waals surface area (Å²) in [5, 5.41) is 0. The molecule has 1 aromatic carbocycles. The molecular formula is C25H32N4O. The van der Waals surface area contributed by atoms with Gasteiger partial charge in [-0.1, -0.05) is 44.4 Å². The molecule has 1 fully saturated rings. The van der Waals surface area contributed by atoms with E-state index < -0.39 is 0 Å². The highest BCUT2D eigenvalue weighted by molar-refractivity contribution is 5.94. The van der Waals surface area contributed by atoms with Crippen LogP contribution in [0.2, 0.25) is 0 Å². The van der Waals surface area contributed by atoms with Gasteiger partial charge >= 0.3 is 0 Å². The van der Waals surface area contributed by atoms with Crippen molar-refractivity contribution in [2.24, 2.45) is 5.92 Å². The second-order valence-electron chi connectivity index (χ2n) is 8.96. The molecule has 158 valence electrons. The predicted octanol–water partition coefficient (Wildman–Crippen LogP) is 5.54. The highest BCUT2D eigenvalue weighted by Gasteiger charge is 2.26. The summed E-state index contributed by atoms with van der Waals surface area (Å²) in [6.45, 7) is 7.68. The monoisotopic (exact) mass is 404 g/mol. The predicted molar refractivity (Wildman–Crippen MR) is 120 cm³/mol. The standard InChI is InChI=1S/C25H32N4O/c1-18(2)13-15-28(25(30)20-9-6-8-19(3)16-20)17-23-27-22-12-7-14-26-24(22)29(23)21-10-4-5-11-21/h6-9,12,14,16,18,21H,4-5,10-11,13,15,17H2,1-3H3. The number of amides is 1. The van der Waals surface area contributed by atoms with Crippen molar-refractivity contribution in [2.45, 2.75) is 65.5 Å². The number of rotatable bonds is 7. The number of carbonyl (C=O) groups is 1. The third-order valence-corrected chi connectivity index (χ3v) is 6.07. The van der Waals surface area contributed by atoms with Crippen LogP contribution in [0.3, 0.4) is 0 Å². The quantitative estimate of drug-likeness (QED) is 0.519. The van der Waals surface area contributed by atoms with Crippen LogP contribution in [0.25, 0.3) is 11.2 Å². The molecule has 0 spiro atoms. The van der Waals surface area contributed by atoms with Gasteiger partial charge in [-0.15, -0.1) is 0 Å². The van der Waals surface area contributed by atoms with E-state index in [1.165, 1.54) is 12.8 Å². The highest BCUT2D eigenvalue weighted by atomic mass is 16.2. The van der Waals surface area contributed by atoms with Crippen LogP contribution in [-0.4, -0.2) is 31.9 Å². The van der Waals surface area contributed by atoms with Crippen molar-refractivity contribution in [3.63, 3.8) is 0 Å². The second-order valence-corrected chi connectivity index (χ2v) is 8.96.